The van der Waals surface area contributed by atoms with Crippen LogP contribution in [-0.4, -0.2) is 43.1 Å². The summed E-state index contributed by atoms with van der Waals surface area (Å²) in [5, 5.41) is 1.12. The first-order valence-electron chi connectivity index (χ1n) is 6.75. The Bertz CT molecular complexity index is 369. The Morgan fingerprint density at radius 3 is 2.83 bits per heavy atom. The summed E-state index contributed by atoms with van der Waals surface area (Å²) in [6, 6.07) is 0.672. The van der Waals surface area contributed by atoms with Crippen LogP contribution in [0.15, 0.2) is 0 Å². The molecule has 0 amide bonds. The zero-order valence-corrected chi connectivity index (χ0v) is 12.5. The number of likely N-dealkylation sites (N-methyl/N-ethyl adjacent to an activating group) is 2. The van der Waals surface area contributed by atoms with Crippen molar-refractivity contribution < 1.29 is 0 Å². The Morgan fingerprint density at radius 1 is 1.56 bits per heavy atom. The molecule has 0 saturated carbocycles. The lowest BCUT2D eigenvalue weighted by atomic mass is 10.2. The molecule has 5 heteroatoms. The van der Waals surface area contributed by atoms with Crippen LogP contribution in [0.4, 0.5) is 5.13 Å². The highest BCUT2D eigenvalue weighted by atomic mass is 32.1. The molecule has 2 rings (SSSR count). The molecular formula is C13H24N4S. The largest absolute Gasteiger partial charge is 0.350 e. The molecule has 1 atom stereocenters. The molecule has 1 aliphatic heterocycles. The van der Waals surface area contributed by atoms with Crippen molar-refractivity contribution >= 4 is 16.5 Å². The first-order valence-corrected chi connectivity index (χ1v) is 7.57. The minimum Gasteiger partial charge on any atom is -0.350 e. The fraction of sp³-hybridized carbons (Fsp3) is 0.769. The lowest BCUT2D eigenvalue weighted by Crippen LogP contribution is -2.36. The van der Waals surface area contributed by atoms with Crippen molar-refractivity contribution in [1.29, 1.82) is 0 Å². The van der Waals surface area contributed by atoms with Crippen molar-refractivity contribution in [2.75, 3.05) is 32.1 Å². The fourth-order valence-corrected chi connectivity index (χ4v) is 3.57. The molecule has 2 N–H and O–H groups in total. The van der Waals surface area contributed by atoms with Gasteiger partial charge in [0.2, 0.25) is 0 Å². The second kappa shape index (κ2) is 5.99. The smallest absolute Gasteiger partial charge is 0.185 e. The van der Waals surface area contributed by atoms with E-state index in [0.29, 0.717) is 12.6 Å². The normalized spacial score (nSPS) is 20.6. The third kappa shape index (κ3) is 2.84. The van der Waals surface area contributed by atoms with Crippen LogP contribution in [0.5, 0.6) is 0 Å². The molecule has 0 bridgehead atoms. The molecule has 2 heterocycles. The minimum atomic E-state index is 0.609. The number of nitrogens with zero attached hydrogens (tertiary/aromatic N) is 3. The summed E-state index contributed by atoms with van der Waals surface area (Å²) in [5.74, 6) is 0. The van der Waals surface area contributed by atoms with E-state index in [-0.39, 0.29) is 0 Å². The second-order valence-electron chi connectivity index (χ2n) is 5.08. The Kier molecular flexibility index (Phi) is 4.59. The molecule has 0 radical (unpaired) electrons. The molecule has 0 aromatic carbocycles. The van der Waals surface area contributed by atoms with Crippen LogP contribution in [-0.2, 0) is 13.0 Å². The van der Waals surface area contributed by atoms with Gasteiger partial charge in [-0.15, -0.1) is 11.3 Å². The Balaban J connectivity index is 2.03. The van der Waals surface area contributed by atoms with Crippen LogP contribution in [0.3, 0.4) is 0 Å². The van der Waals surface area contributed by atoms with E-state index in [1.165, 1.54) is 30.0 Å². The molecule has 0 aliphatic carbocycles. The molecule has 1 aliphatic rings. The van der Waals surface area contributed by atoms with Gasteiger partial charge in [-0.3, -0.25) is 0 Å². The molecule has 1 fully saturated rings. The van der Waals surface area contributed by atoms with E-state index in [4.69, 9.17) is 10.7 Å². The summed E-state index contributed by atoms with van der Waals surface area (Å²) in [6.45, 7) is 5.04. The second-order valence-corrected chi connectivity index (χ2v) is 6.14. The molecule has 1 aromatic rings. The number of thiazole rings is 1. The van der Waals surface area contributed by atoms with Crippen molar-refractivity contribution in [3.8, 4) is 0 Å². The van der Waals surface area contributed by atoms with E-state index in [0.717, 1.165) is 18.1 Å². The van der Waals surface area contributed by atoms with Crippen molar-refractivity contribution in [3.05, 3.63) is 10.6 Å². The van der Waals surface area contributed by atoms with Crippen LogP contribution in [0.2, 0.25) is 0 Å². The van der Waals surface area contributed by atoms with Gasteiger partial charge in [-0.25, -0.2) is 4.98 Å². The van der Waals surface area contributed by atoms with Gasteiger partial charge in [0.05, 0.1) is 5.69 Å². The summed E-state index contributed by atoms with van der Waals surface area (Å²) in [4.78, 5) is 10.7. The van der Waals surface area contributed by atoms with E-state index < -0.39 is 0 Å². The summed E-state index contributed by atoms with van der Waals surface area (Å²) in [7, 11) is 4.36. The molecule has 1 saturated heterocycles. The van der Waals surface area contributed by atoms with Crippen LogP contribution in [0, 0.1) is 0 Å². The highest BCUT2D eigenvalue weighted by molar-refractivity contribution is 7.15. The predicted octanol–water partition coefficient (Wildman–Crippen LogP) is 1.69. The molecular weight excluding hydrogens is 244 g/mol. The standard InChI is InChI=1S/C13H24N4S/c1-4-11-12(8-14)18-13(15-11)17(3)9-10-6-5-7-16(10)2/h10H,4-9,14H2,1-3H3. The van der Waals surface area contributed by atoms with Crippen LogP contribution in [0.25, 0.3) is 0 Å². The highest BCUT2D eigenvalue weighted by Crippen LogP contribution is 2.27. The van der Waals surface area contributed by atoms with Crippen molar-refractivity contribution in [2.45, 2.75) is 38.8 Å². The Hall–Kier alpha value is -0.650. The Labute approximate surface area is 114 Å². The number of likely N-dealkylation sites (tertiary alicyclic amines) is 1. The van der Waals surface area contributed by atoms with Crippen molar-refractivity contribution in [3.63, 3.8) is 0 Å². The van der Waals surface area contributed by atoms with E-state index in [2.05, 4.69) is 30.8 Å². The number of aryl methyl sites for hydroxylation is 1. The monoisotopic (exact) mass is 268 g/mol. The number of hydrogen-bond donors (Lipinski definition) is 1. The van der Waals surface area contributed by atoms with Gasteiger partial charge in [0.15, 0.2) is 5.13 Å². The summed E-state index contributed by atoms with van der Waals surface area (Å²) in [6.07, 6.45) is 3.60. The molecule has 102 valence electrons. The van der Waals surface area contributed by atoms with E-state index in [1.54, 1.807) is 11.3 Å². The first-order chi connectivity index (χ1) is 8.65. The number of aromatic nitrogens is 1. The number of nitrogens with two attached hydrogens (primary N) is 1. The molecule has 4 nitrogen and oxygen atoms in total. The highest BCUT2D eigenvalue weighted by Gasteiger charge is 2.23. The third-order valence-electron chi connectivity index (χ3n) is 3.77. The Morgan fingerprint density at radius 2 is 2.33 bits per heavy atom. The SMILES string of the molecule is CCc1nc(N(C)CC2CCCN2C)sc1CN. The summed E-state index contributed by atoms with van der Waals surface area (Å²) in [5.41, 5.74) is 6.94. The first kappa shape index (κ1) is 13.8. The van der Waals surface area contributed by atoms with Gasteiger partial charge in [0.1, 0.15) is 0 Å². The fourth-order valence-electron chi connectivity index (χ4n) is 2.57. The van der Waals surface area contributed by atoms with Gasteiger partial charge in [-0.2, -0.15) is 0 Å². The molecule has 1 unspecified atom stereocenters. The molecule has 0 spiro atoms. The molecule has 18 heavy (non-hydrogen) atoms. The number of hydrogen-bond acceptors (Lipinski definition) is 5. The molecule has 1 aromatic heterocycles. The van der Waals surface area contributed by atoms with Crippen LogP contribution >= 0.6 is 11.3 Å². The minimum absolute atomic E-state index is 0.609. The zero-order chi connectivity index (χ0) is 13.1. The van der Waals surface area contributed by atoms with Crippen molar-refractivity contribution in [2.24, 2.45) is 5.73 Å². The third-order valence-corrected chi connectivity index (χ3v) is 5.00. The van der Waals surface area contributed by atoms with Gasteiger partial charge in [0, 0.05) is 31.1 Å². The summed E-state index contributed by atoms with van der Waals surface area (Å²) < 4.78 is 0. The maximum Gasteiger partial charge on any atom is 0.185 e. The lowest BCUT2D eigenvalue weighted by molar-refractivity contribution is 0.314. The van der Waals surface area contributed by atoms with Gasteiger partial charge in [0.25, 0.3) is 0 Å². The average Bonchev–Trinajstić information content (AvgIpc) is 2.96. The van der Waals surface area contributed by atoms with E-state index in [1.807, 2.05) is 0 Å². The van der Waals surface area contributed by atoms with Crippen molar-refractivity contribution in [1.82, 2.24) is 9.88 Å². The van der Waals surface area contributed by atoms with Gasteiger partial charge >= 0.3 is 0 Å². The summed E-state index contributed by atoms with van der Waals surface area (Å²) >= 11 is 1.75. The van der Waals surface area contributed by atoms with Crippen LogP contribution in [0.1, 0.15) is 30.3 Å². The topological polar surface area (TPSA) is 45.4 Å². The quantitative estimate of drug-likeness (QED) is 0.883. The average molecular weight is 268 g/mol. The van der Waals surface area contributed by atoms with E-state index >= 15 is 0 Å². The number of anilines is 1. The van der Waals surface area contributed by atoms with E-state index in [9.17, 15) is 0 Å². The maximum atomic E-state index is 5.77. The lowest BCUT2D eigenvalue weighted by Gasteiger charge is -2.25. The van der Waals surface area contributed by atoms with Gasteiger partial charge in [-0.05, 0) is 32.9 Å². The number of rotatable bonds is 5. The van der Waals surface area contributed by atoms with Crippen LogP contribution < -0.4 is 10.6 Å². The predicted molar refractivity (Wildman–Crippen MR) is 78.3 cm³/mol. The van der Waals surface area contributed by atoms with Gasteiger partial charge < -0.3 is 15.5 Å². The maximum absolute atomic E-state index is 5.77. The van der Waals surface area contributed by atoms with Gasteiger partial charge in [-0.1, -0.05) is 6.92 Å². The zero-order valence-electron chi connectivity index (χ0n) is 11.6.